The highest BCUT2D eigenvalue weighted by atomic mass is 127. The fourth-order valence-corrected chi connectivity index (χ4v) is 16.0. The summed E-state index contributed by atoms with van der Waals surface area (Å²) in [7, 11) is 10.2. The molecule has 5 fully saturated rings. The number of hydroxylamine groups is 1. The van der Waals surface area contributed by atoms with Crippen molar-refractivity contribution in [3.8, 4) is 40.9 Å². The van der Waals surface area contributed by atoms with Crippen molar-refractivity contribution in [1.82, 2.24) is 16.1 Å². The molecule has 4 heterocycles. The molecule has 0 radical (unpaired) electrons. The highest BCUT2D eigenvalue weighted by Crippen LogP contribution is 2.49. The molecule has 24 nitrogen and oxygen atoms in total. The van der Waals surface area contributed by atoms with E-state index in [4.69, 9.17) is 61.7 Å². The fourth-order valence-electron chi connectivity index (χ4n) is 11.6. The van der Waals surface area contributed by atoms with Gasteiger partial charge in [0, 0.05) is 50.1 Å². The van der Waals surface area contributed by atoms with Crippen LogP contribution >= 0.6 is 55.9 Å². The molecule has 1 aromatic carbocycles. The molecule has 6 aliphatic rings. The van der Waals surface area contributed by atoms with Gasteiger partial charge in [-0.15, -0.1) is 5.92 Å². The number of hydrogen-bond donors (Lipinski definition) is 8. The van der Waals surface area contributed by atoms with Crippen LogP contribution in [0.5, 0.6) is 17.2 Å². The first kappa shape index (κ1) is 73.1. The van der Waals surface area contributed by atoms with Gasteiger partial charge in [-0.3, -0.25) is 19.7 Å². The molecule has 7 rings (SSSR count). The summed E-state index contributed by atoms with van der Waals surface area (Å²) in [6, 6.07) is -1.27. The molecule has 496 valence electrons. The molecule has 2 aliphatic carbocycles. The Balaban J connectivity index is 1.14. The van der Waals surface area contributed by atoms with Crippen molar-refractivity contribution in [1.29, 1.82) is 0 Å². The molecule has 0 bridgehead atoms. The van der Waals surface area contributed by atoms with E-state index in [0.29, 0.717) is 26.7 Å². The van der Waals surface area contributed by atoms with Gasteiger partial charge in [-0.1, -0.05) is 77.0 Å². The molecule has 19 atom stereocenters. The number of likely N-dealkylation sites (N-methyl/N-ethyl adjacent to an activating group) is 1. The predicted octanol–water partition coefficient (Wildman–Crippen LogP) is 4.89. The molecule has 8 N–H and O–H groups in total. The number of ether oxygens (including phenoxy) is 12. The van der Waals surface area contributed by atoms with Gasteiger partial charge < -0.3 is 87.7 Å². The molecule has 28 heteroatoms. The van der Waals surface area contributed by atoms with Crippen molar-refractivity contribution in [3.05, 3.63) is 49.8 Å². The van der Waals surface area contributed by atoms with Crippen LogP contribution in [-0.4, -0.2) is 217 Å². The van der Waals surface area contributed by atoms with Gasteiger partial charge in [0.15, 0.2) is 36.2 Å². The Bertz CT molecular complexity index is 2810. The highest BCUT2D eigenvalue weighted by Gasteiger charge is 2.52. The second-order valence-corrected chi connectivity index (χ2v) is 27.3. The van der Waals surface area contributed by atoms with Gasteiger partial charge in [0.2, 0.25) is 17.2 Å². The minimum atomic E-state index is -1.77. The van der Waals surface area contributed by atoms with Crippen molar-refractivity contribution in [2.75, 3.05) is 54.5 Å². The van der Waals surface area contributed by atoms with E-state index in [-0.39, 0.29) is 71.2 Å². The zero-order chi connectivity index (χ0) is 64.9. The Morgan fingerprint density at radius 2 is 1.58 bits per heavy atom. The fraction of sp³-hybridized carbons (Fsp3) is 0.689. The molecule has 1 saturated carbocycles. The molecular formula is C61H86IN3O21S3. The number of nitrogens with one attached hydrogen (secondary N) is 3. The van der Waals surface area contributed by atoms with E-state index in [0.717, 1.165) is 44.6 Å². The number of halogens is 1. The topological polar surface area (TPSA) is 308 Å². The number of benzene rings is 1. The van der Waals surface area contributed by atoms with Crippen molar-refractivity contribution < 1.29 is 102 Å². The van der Waals surface area contributed by atoms with Crippen LogP contribution in [0.15, 0.2) is 35.1 Å². The number of Topliss-reactive ketones (excluding diaryl/α,β-unsaturated/α-hetero) is 1. The zero-order valence-corrected chi connectivity index (χ0v) is 56.8. The maximum Gasteiger partial charge on any atom is 0.411 e. The number of ketones is 1. The lowest BCUT2D eigenvalue weighted by Gasteiger charge is -2.46. The third kappa shape index (κ3) is 17.9. The Hall–Kier alpha value is -3.29. The monoisotopic (exact) mass is 1420 g/mol. The summed E-state index contributed by atoms with van der Waals surface area (Å²) in [6.45, 7) is 12.6. The van der Waals surface area contributed by atoms with Crippen LogP contribution < -0.4 is 30.3 Å². The van der Waals surface area contributed by atoms with Gasteiger partial charge in [0.25, 0.3) is 0 Å². The van der Waals surface area contributed by atoms with E-state index >= 15 is 0 Å². The number of allylic oxidation sites excluding steroid dienone is 3. The van der Waals surface area contributed by atoms with E-state index in [1.165, 1.54) is 40.4 Å². The number of amides is 1. The average molecular weight is 1420 g/mol. The summed E-state index contributed by atoms with van der Waals surface area (Å²) in [5.74, 6) is 11.6. The van der Waals surface area contributed by atoms with Gasteiger partial charge in [-0.05, 0) is 107 Å². The van der Waals surface area contributed by atoms with Crippen molar-refractivity contribution >= 4 is 72.9 Å². The van der Waals surface area contributed by atoms with Crippen molar-refractivity contribution in [2.24, 2.45) is 0 Å². The highest BCUT2D eigenvalue weighted by molar-refractivity contribution is 14.1. The van der Waals surface area contributed by atoms with E-state index in [1.807, 2.05) is 29.5 Å². The normalized spacial score (nSPS) is 34.3. The van der Waals surface area contributed by atoms with Crippen molar-refractivity contribution in [3.63, 3.8) is 0 Å². The third-order valence-corrected chi connectivity index (χ3v) is 21.7. The van der Waals surface area contributed by atoms with E-state index in [1.54, 1.807) is 69.4 Å². The van der Waals surface area contributed by atoms with Crippen LogP contribution in [0.4, 0.5) is 4.79 Å². The smallest absolute Gasteiger partial charge is 0.411 e. The minimum Gasteiger partial charge on any atom is -0.492 e. The minimum absolute atomic E-state index is 0.0282. The zero-order valence-electron chi connectivity index (χ0n) is 52.1. The van der Waals surface area contributed by atoms with Crippen LogP contribution in [-0.2, 0) is 52.3 Å². The summed E-state index contributed by atoms with van der Waals surface area (Å²) >= 11 is 2.83. The summed E-state index contributed by atoms with van der Waals surface area (Å²) < 4.78 is 73.0. The van der Waals surface area contributed by atoms with Crippen LogP contribution in [0.25, 0.3) is 0 Å². The second kappa shape index (κ2) is 34.2. The molecule has 4 saturated heterocycles. The molecule has 1 aromatic rings. The van der Waals surface area contributed by atoms with Crippen LogP contribution in [0.1, 0.15) is 102 Å². The summed E-state index contributed by atoms with van der Waals surface area (Å²) in [6.07, 6.45) is -8.90. The number of carbonyl (C=O) groups is 3. The number of rotatable bonds is 23. The lowest BCUT2D eigenvalue weighted by molar-refractivity contribution is -0.336. The average Bonchev–Trinajstić information content (AvgIpc) is 0.993. The Kier molecular flexibility index (Phi) is 28.1. The van der Waals surface area contributed by atoms with Crippen LogP contribution in [0.2, 0.25) is 0 Å². The lowest BCUT2D eigenvalue weighted by atomic mass is 9.76. The van der Waals surface area contributed by atoms with Gasteiger partial charge >= 0.3 is 6.09 Å². The van der Waals surface area contributed by atoms with E-state index in [9.17, 15) is 39.9 Å². The van der Waals surface area contributed by atoms with Gasteiger partial charge in [0.05, 0.1) is 96.2 Å². The number of aliphatic hydroxyl groups is 5. The third-order valence-electron chi connectivity index (χ3n) is 16.2. The molecule has 0 spiro atoms. The van der Waals surface area contributed by atoms with E-state index < -0.39 is 127 Å². The molecule has 1 amide bonds. The molecular weight excluding hydrogens is 1330 g/mol. The maximum absolute atomic E-state index is 14.5. The first-order chi connectivity index (χ1) is 42.6. The summed E-state index contributed by atoms with van der Waals surface area (Å²) in [4.78, 5) is 47.9. The first-order valence-corrected chi connectivity index (χ1v) is 34.0. The number of aliphatic hydroxyl groups excluding tert-OH is 4. The summed E-state index contributed by atoms with van der Waals surface area (Å²) in [5, 5.41) is 63.4. The molecule has 0 aromatic heterocycles. The number of thioether (sulfide) groups is 1. The SMILES string of the molecule is CC#C/C=C\C#C[C@H](O[C@@H]1O[C@H](C)[C@@H](NO[C@H]2C[C@H](O)[C@H](SC(=O)c3c(C)c(I)c(O[C@@H]4O[C@@H](C)[C@H](O)[C@@H](OC)[C@H]4O)c(OC)c3OC)[C@@H](C)O2)[C@H](O)[C@H]1O[C@H]1C[C@H](OC)[C@@H](NCC)CO1)C1=C(NC(=O)OC)C(=O)C[C@](C)(O)/C1=C/CSSC1CCCC1. The van der Waals surface area contributed by atoms with Gasteiger partial charge in [0.1, 0.15) is 36.6 Å². The Morgan fingerprint density at radius 1 is 0.876 bits per heavy atom. The van der Waals surface area contributed by atoms with Crippen LogP contribution in [0, 0.1) is 34.2 Å². The second-order valence-electron chi connectivity index (χ2n) is 22.4. The Labute approximate surface area is 546 Å². The van der Waals surface area contributed by atoms with E-state index in [2.05, 4.69) is 39.8 Å². The number of hydrogen-bond acceptors (Lipinski definition) is 26. The maximum atomic E-state index is 14.5. The van der Waals surface area contributed by atoms with Crippen LogP contribution in [0.3, 0.4) is 0 Å². The van der Waals surface area contributed by atoms with Gasteiger partial charge in [-0.25, -0.2) is 4.79 Å². The molecule has 4 aliphatic heterocycles. The molecule has 89 heavy (non-hydrogen) atoms. The quantitative estimate of drug-likeness (QED) is 0.0238. The van der Waals surface area contributed by atoms with Crippen molar-refractivity contribution in [2.45, 2.75) is 214 Å². The first-order valence-electron chi connectivity index (χ1n) is 29.6. The molecule has 0 unspecified atom stereocenters. The lowest BCUT2D eigenvalue weighted by Crippen LogP contribution is -2.65. The standard InChI is InChI=1S/C61H86IN3O21S3/c1-13-15-16-17-18-23-39(44-35(24-25-87-89-34-21-19-20-22-34)61(7,73)28-38(67)47(44)64-60(72)78-12)83-59-54(84-41-27-40(74-8)36(29-79-41)63-14-2)49(69)46(31(4)81-59)65-86-42-26-37(66)56(33(6)80-42)88-57(71)43-30(3)45(62)52(55(77-11)51(43)75-9)85-58-50(70)53(76-10)48(68)32(5)82-58/h16-17,24,31-34,36-37,39-42,46,48-50,53-54,56,58-59,63,65-66,68-70,73H,14,19-22,25-29H2,1-12H3,(H,64,72)/b17-16-,35-24+/t31-,32+,33-,36+,37+,39+,40+,41+,42+,46-,48+,49+,50-,53-,54-,56-,58+,59+,61+/m1/s1. The largest absolute Gasteiger partial charge is 0.492 e. The van der Waals surface area contributed by atoms with Gasteiger partial charge in [-0.2, -0.15) is 5.48 Å². The predicted molar refractivity (Wildman–Crippen MR) is 340 cm³/mol. The Morgan fingerprint density at radius 3 is 2.24 bits per heavy atom. The number of alkyl carbamates (subject to hydrolysis) is 1. The summed E-state index contributed by atoms with van der Waals surface area (Å²) in [5.41, 5.74) is 1.82. The number of methoxy groups -OCH3 is 5. The number of carbonyl (C=O) groups excluding carboxylic acids is 3.